The average molecular weight is 340 g/mol. The number of hydrogen-bond acceptors (Lipinski definition) is 3. The molecule has 2 rings (SSSR count). The molecule has 1 amide bonds. The van der Waals surface area contributed by atoms with Crippen molar-refractivity contribution in [3.05, 3.63) is 34.9 Å². The Bertz CT molecular complexity index is 588. The molecule has 23 heavy (non-hydrogen) atoms. The van der Waals surface area contributed by atoms with Crippen LogP contribution in [-0.2, 0) is 20.7 Å². The van der Waals surface area contributed by atoms with E-state index < -0.39 is 18.2 Å². The van der Waals surface area contributed by atoms with Crippen LogP contribution in [-0.4, -0.2) is 35.7 Å². The third-order valence-electron chi connectivity index (χ3n) is 3.90. The van der Waals surface area contributed by atoms with Crippen molar-refractivity contribution in [2.24, 2.45) is 5.41 Å². The van der Waals surface area contributed by atoms with E-state index >= 15 is 0 Å². The van der Waals surface area contributed by atoms with E-state index in [0.29, 0.717) is 24.4 Å². The molecule has 0 radical (unpaired) electrons. The van der Waals surface area contributed by atoms with Crippen molar-refractivity contribution >= 4 is 23.5 Å². The highest BCUT2D eigenvalue weighted by molar-refractivity contribution is 6.30. The van der Waals surface area contributed by atoms with Gasteiger partial charge in [0.2, 0.25) is 5.91 Å². The van der Waals surface area contributed by atoms with E-state index in [1.54, 1.807) is 0 Å². The minimum absolute atomic E-state index is 0.148. The fraction of sp³-hybridized carbons (Fsp3) is 0.529. The summed E-state index contributed by atoms with van der Waals surface area (Å²) in [5.41, 5.74) is 0.963. The van der Waals surface area contributed by atoms with Gasteiger partial charge in [-0.25, -0.2) is 4.79 Å². The normalized spacial score (nSPS) is 21.2. The van der Waals surface area contributed by atoms with Crippen molar-refractivity contribution in [3.8, 4) is 0 Å². The summed E-state index contributed by atoms with van der Waals surface area (Å²) >= 11 is 5.99. The molecule has 0 spiro atoms. The van der Waals surface area contributed by atoms with Gasteiger partial charge in [-0.15, -0.1) is 0 Å². The molecule has 2 N–H and O–H groups in total. The molecule has 1 fully saturated rings. The minimum atomic E-state index is -1.01. The number of benzene rings is 1. The van der Waals surface area contributed by atoms with E-state index in [4.69, 9.17) is 21.4 Å². The molecule has 6 heteroatoms. The Balaban J connectivity index is 1.84. The number of carboxylic acids is 1. The van der Waals surface area contributed by atoms with Gasteiger partial charge in [0.15, 0.2) is 6.10 Å². The number of ether oxygens (including phenoxy) is 1. The summed E-state index contributed by atoms with van der Waals surface area (Å²) in [4.78, 5) is 23.0. The lowest BCUT2D eigenvalue weighted by atomic mass is 9.85. The highest BCUT2D eigenvalue weighted by atomic mass is 35.5. The largest absolute Gasteiger partial charge is 0.479 e. The Labute approximate surface area is 141 Å². The molecule has 0 unspecified atom stereocenters. The van der Waals surface area contributed by atoms with Gasteiger partial charge in [0.05, 0.1) is 0 Å². The zero-order valence-corrected chi connectivity index (χ0v) is 14.1. The predicted octanol–water partition coefficient (Wildman–Crippen LogP) is 2.66. The molecular formula is C17H22ClNO4. The van der Waals surface area contributed by atoms with E-state index in [9.17, 15) is 9.59 Å². The van der Waals surface area contributed by atoms with Gasteiger partial charge < -0.3 is 15.2 Å². The summed E-state index contributed by atoms with van der Waals surface area (Å²) in [6.45, 7) is 4.60. The van der Waals surface area contributed by atoms with Crippen LogP contribution >= 0.6 is 11.6 Å². The predicted molar refractivity (Wildman–Crippen MR) is 87.5 cm³/mol. The van der Waals surface area contributed by atoms with Crippen LogP contribution in [0.5, 0.6) is 0 Å². The Kier molecular flexibility index (Phi) is 5.65. The topological polar surface area (TPSA) is 75.6 Å². The molecule has 0 bridgehead atoms. The lowest BCUT2D eigenvalue weighted by Gasteiger charge is -2.26. The van der Waals surface area contributed by atoms with Crippen molar-refractivity contribution in [3.63, 3.8) is 0 Å². The lowest BCUT2D eigenvalue weighted by Crippen LogP contribution is -2.41. The van der Waals surface area contributed by atoms with E-state index in [1.165, 1.54) is 0 Å². The van der Waals surface area contributed by atoms with E-state index in [2.05, 4.69) is 19.2 Å². The number of carbonyl (C=O) groups is 2. The maximum atomic E-state index is 12.1. The molecule has 5 nitrogen and oxygen atoms in total. The van der Waals surface area contributed by atoms with Crippen LogP contribution in [0.1, 0.15) is 32.3 Å². The molecule has 1 aliphatic heterocycles. The maximum Gasteiger partial charge on any atom is 0.332 e. The second-order valence-electron chi connectivity index (χ2n) is 6.72. The van der Waals surface area contributed by atoms with Gasteiger partial charge in [0.1, 0.15) is 6.10 Å². The quantitative estimate of drug-likeness (QED) is 0.835. The molecule has 1 aromatic rings. The summed E-state index contributed by atoms with van der Waals surface area (Å²) in [5, 5.41) is 12.5. The van der Waals surface area contributed by atoms with E-state index in [1.807, 2.05) is 24.3 Å². The molecular weight excluding hydrogens is 318 g/mol. The fourth-order valence-electron chi connectivity index (χ4n) is 2.71. The Morgan fingerprint density at radius 1 is 1.35 bits per heavy atom. The van der Waals surface area contributed by atoms with Crippen molar-refractivity contribution < 1.29 is 19.4 Å². The molecule has 1 saturated heterocycles. The zero-order valence-electron chi connectivity index (χ0n) is 13.3. The number of amides is 1. The third-order valence-corrected chi connectivity index (χ3v) is 4.14. The first kappa shape index (κ1) is 17.8. The number of hydrogen-bond donors (Lipinski definition) is 2. The lowest BCUT2D eigenvalue weighted by molar-refractivity contribution is -0.151. The van der Waals surface area contributed by atoms with E-state index in [-0.39, 0.29) is 11.3 Å². The molecule has 1 heterocycles. The molecule has 0 aromatic heterocycles. The Morgan fingerprint density at radius 2 is 2.04 bits per heavy atom. The fourth-order valence-corrected chi connectivity index (χ4v) is 2.93. The number of aliphatic carboxylic acids is 1. The van der Waals surface area contributed by atoms with Gasteiger partial charge in [-0.2, -0.15) is 0 Å². The number of carboxylic acid groups (broad SMARTS) is 1. The first-order valence-electron chi connectivity index (χ1n) is 7.67. The molecule has 1 aliphatic rings. The summed E-state index contributed by atoms with van der Waals surface area (Å²) in [7, 11) is 0. The standard InChI is InChI=1S/C17H22ClNO4/c1-17(2,9-11-4-3-5-12(18)8-11)10-19-15(20)13-6-7-14(23-13)16(21)22/h3-5,8,13-14H,6-7,9-10H2,1-2H3,(H,19,20)(H,21,22)/t13-,14+/m0/s1. The van der Waals surface area contributed by atoms with Crippen LogP contribution in [0.15, 0.2) is 24.3 Å². The van der Waals surface area contributed by atoms with Crippen LogP contribution < -0.4 is 5.32 Å². The third kappa shape index (κ3) is 5.22. The molecule has 126 valence electrons. The maximum absolute atomic E-state index is 12.1. The van der Waals surface area contributed by atoms with Crippen molar-refractivity contribution in [1.82, 2.24) is 5.32 Å². The van der Waals surface area contributed by atoms with Crippen LogP contribution in [0.4, 0.5) is 0 Å². The van der Waals surface area contributed by atoms with Gasteiger partial charge in [0.25, 0.3) is 0 Å². The zero-order chi connectivity index (χ0) is 17.0. The first-order chi connectivity index (χ1) is 10.8. The number of carbonyl (C=O) groups excluding carboxylic acids is 1. The molecule has 0 saturated carbocycles. The highest BCUT2D eigenvalue weighted by Gasteiger charge is 2.35. The summed E-state index contributed by atoms with van der Waals surface area (Å²) in [5.74, 6) is -1.26. The first-order valence-corrected chi connectivity index (χ1v) is 8.05. The van der Waals surface area contributed by atoms with Crippen LogP contribution in [0.25, 0.3) is 0 Å². The van der Waals surface area contributed by atoms with Crippen molar-refractivity contribution in [1.29, 1.82) is 0 Å². The number of halogens is 1. The van der Waals surface area contributed by atoms with Gasteiger partial charge in [-0.1, -0.05) is 37.6 Å². The second-order valence-corrected chi connectivity index (χ2v) is 7.15. The Hall–Kier alpha value is -1.59. The van der Waals surface area contributed by atoms with Gasteiger partial charge >= 0.3 is 5.97 Å². The molecule has 1 aromatic carbocycles. The molecule has 0 aliphatic carbocycles. The van der Waals surface area contributed by atoms with Crippen LogP contribution in [0.2, 0.25) is 5.02 Å². The van der Waals surface area contributed by atoms with Gasteiger partial charge in [0, 0.05) is 11.6 Å². The summed E-state index contributed by atoms with van der Waals surface area (Å²) in [6.07, 6.45) is 0.0526. The summed E-state index contributed by atoms with van der Waals surface area (Å²) in [6, 6.07) is 7.66. The Morgan fingerprint density at radius 3 is 2.65 bits per heavy atom. The number of rotatable bonds is 6. The van der Waals surface area contributed by atoms with Crippen LogP contribution in [0, 0.1) is 5.41 Å². The number of nitrogens with one attached hydrogen (secondary N) is 1. The van der Waals surface area contributed by atoms with E-state index in [0.717, 1.165) is 12.0 Å². The minimum Gasteiger partial charge on any atom is -0.479 e. The van der Waals surface area contributed by atoms with Crippen molar-refractivity contribution in [2.45, 2.75) is 45.3 Å². The summed E-state index contributed by atoms with van der Waals surface area (Å²) < 4.78 is 5.25. The van der Waals surface area contributed by atoms with Crippen LogP contribution in [0.3, 0.4) is 0 Å². The van der Waals surface area contributed by atoms with Gasteiger partial charge in [-0.3, -0.25) is 4.79 Å². The SMILES string of the molecule is CC(C)(CNC(=O)[C@@H]1CC[C@H](C(=O)O)O1)Cc1cccc(Cl)c1. The smallest absolute Gasteiger partial charge is 0.332 e. The second kappa shape index (κ2) is 7.32. The molecule has 2 atom stereocenters. The monoisotopic (exact) mass is 339 g/mol. The van der Waals surface area contributed by atoms with Gasteiger partial charge in [-0.05, 0) is 42.4 Å². The highest BCUT2D eigenvalue weighted by Crippen LogP contribution is 2.24. The van der Waals surface area contributed by atoms with Crippen molar-refractivity contribution in [2.75, 3.05) is 6.54 Å². The average Bonchev–Trinajstić information content (AvgIpc) is 2.94.